The lowest BCUT2D eigenvalue weighted by atomic mass is 10.2. The third kappa shape index (κ3) is 4.11. The van der Waals surface area contributed by atoms with Crippen LogP contribution in [0.15, 0.2) is 24.3 Å². The first kappa shape index (κ1) is 18.4. The average Bonchev–Trinajstić information content (AvgIpc) is 2.97. The maximum atomic E-state index is 13.4. The molecule has 0 bridgehead atoms. The number of carboxylic acids is 1. The van der Waals surface area contributed by atoms with E-state index in [1.807, 2.05) is 0 Å². The van der Waals surface area contributed by atoms with Crippen molar-refractivity contribution in [3.63, 3.8) is 0 Å². The zero-order chi connectivity index (χ0) is 18.8. The number of alkyl halides is 3. The summed E-state index contributed by atoms with van der Waals surface area (Å²) in [5, 5.41) is 15.2. The minimum Gasteiger partial charge on any atom is -0.481 e. The van der Waals surface area contributed by atoms with Crippen molar-refractivity contribution in [3.05, 3.63) is 41.5 Å². The number of carbonyl (C=O) groups excluding carboxylic acids is 1. The Morgan fingerprint density at radius 2 is 2.00 bits per heavy atom. The van der Waals surface area contributed by atoms with Gasteiger partial charge in [-0.2, -0.15) is 13.2 Å². The fraction of sp³-hybridized carbons (Fsp3) is 0.286. The molecule has 1 N–H and O–H groups in total. The Morgan fingerprint density at radius 3 is 2.56 bits per heavy atom. The van der Waals surface area contributed by atoms with Gasteiger partial charge >= 0.3 is 12.1 Å². The molecule has 7 nitrogen and oxygen atoms in total. The number of carboxylic acid groups (broad SMARTS) is 1. The first-order valence-electron chi connectivity index (χ1n) is 6.87. The van der Waals surface area contributed by atoms with Crippen molar-refractivity contribution in [3.8, 4) is 5.69 Å². The highest BCUT2D eigenvalue weighted by Crippen LogP contribution is 2.33. The highest BCUT2D eigenvalue weighted by molar-refractivity contribution is 5.93. The molecule has 2 rings (SSSR count). The van der Waals surface area contributed by atoms with E-state index in [-0.39, 0.29) is 12.2 Å². The van der Waals surface area contributed by atoms with E-state index >= 15 is 0 Å². The van der Waals surface area contributed by atoms with Gasteiger partial charge in [0.2, 0.25) is 0 Å². The number of nitrogens with zero attached hydrogens (tertiary/aromatic N) is 4. The zero-order valence-electron chi connectivity index (χ0n) is 12.8. The second-order valence-corrected chi connectivity index (χ2v) is 5.05. The van der Waals surface area contributed by atoms with Gasteiger partial charge in [-0.25, -0.2) is 9.07 Å². The lowest BCUT2D eigenvalue weighted by Gasteiger charge is -2.16. The van der Waals surface area contributed by atoms with Gasteiger partial charge in [-0.1, -0.05) is 11.3 Å². The fourth-order valence-electron chi connectivity index (χ4n) is 2.01. The SMILES string of the molecule is CN(CCC(=O)O)C(=O)c1nnn(-c2cccc(F)c2)c1C(F)(F)F. The van der Waals surface area contributed by atoms with Gasteiger partial charge in [-0.3, -0.25) is 9.59 Å². The molecule has 134 valence electrons. The minimum absolute atomic E-state index is 0.257. The number of carbonyl (C=O) groups is 2. The molecule has 0 fully saturated rings. The van der Waals surface area contributed by atoms with Crippen LogP contribution in [0, 0.1) is 5.82 Å². The molecule has 0 unspecified atom stereocenters. The summed E-state index contributed by atoms with van der Waals surface area (Å²) in [5.41, 5.74) is -2.72. The number of aromatic nitrogens is 3. The number of benzene rings is 1. The predicted molar refractivity (Wildman–Crippen MR) is 75.5 cm³/mol. The Morgan fingerprint density at radius 1 is 1.32 bits per heavy atom. The van der Waals surface area contributed by atoms with Crippen molar-refractivity contribution in [2.75, 3.05) is 13.6 Å². The Kier molecular flexibility index (Phi) is 5.04. The van der Waals surface area contributed by atoms with Gasteiger partial charge in [0.25, 0.3) is 5.91 Å². The zero-order valence-corrected chi connectivity index (χ0v) is 12.8. The molecule has 0 aliphatic rings. The first-order valence-corrected chi connectivity index (χ1v) is 6.87. The number of amides is 1. The van der Waals surface area contributed by atoms with Crippen LogP contribution >= 0.6 is 0 Å². The van der Waals surface area contributed by atoms with E-state index < -0.39 is 41.7 Å². The minimum atomic E-state index is -4.99. The second-order valence-electron chi connectivity index (χ2n) is 5.05. The van der Waals surface area contributed by atoms with Crippen LogP contribution < -0.4 is 0 Å². The summed E-state index contributed by atoms with van der Waals surface area (Å²) in [4.78, 5) is 23.5. The number of aliphatic carboxylic acids is 1. The maximum absolute atomic E-state index is 13.4. The molecule has 0 saturated heterocycles. The quantitative estimate of drug-likeness (QED) is 0.824. The number of hydrogen-bond donors (Lipinski definition) is 1. The molecule has 0 aliphatic carbocycles. The van der Waals surface area contributed by atoms with E-state index in [2.05, 4.69) is 10.3 Å². The largest absolute Gasteiger partial charge is 0.481 e. The lowest BCUT2D eigenvalue weighted by Crippen LogP contribution is -2.31. The van der Waals surface area contributed by atoms with Crippen molar-refractivity contribution in [2.24, 2.45) is 0 Å². The summed E-state index contributed by atoms with van der Waals surface area (Å²) in [7, 11) is 1.15. The third-order valence-electron chi connectivity index (χ3n) is 3.20. The normalized spacial score (nSPS) is 11.4. The topological polar surface area (TPSA) is 88.3 Å². The Hall–Kier alpha value is -2.98. The molecular weight excluding hydrogens is 348 g/mol. The maximum Gasteiger partial charge on any atom is 0.435 e. The molecule has 0 atom stereocenters. The Labute approximate surface area is 138 Å². The molecule has 25 heavy (non-hydrogen) atoms. The first-order chi connectivity index (χ1) is 11.6. The van der Waals surface area contributed by atoms with Gasteiger partial charge in [0.1, 0.15) is 5.82 Å². The molecule has 0 aliphatic heterocycles. The van der Waals surface area contributed by atoms with E-state index in [1.165, 1.54) is 12.1 Å². The molecular formula is C14H12F4N4O3. The molecule has 11 heteroatoms. The predicted octanol–water partition coefficient (Wildman–Crippen LogP) is 1.97. The van der Waals surface area contributed by atoms with E-state index in [0.29, 0.717) is 4.68 Å². The van der Waals surface area contributed by atoms with E-state index in [4.69, 9.17) is 5.11 Å². The van der Waals surface area contributed by atoms with Gasteiger partial charge in [-0.15, -0.1) is 5.10 Å². The van der Waals surface area contributed by atoms with Crippen LogP contribution in [0.3, 0.4) is 0 Å². The summed E-state index contributed by atoms with van der Waals surface area (Å²) in [6.07, 6.45) is -5.43. The van der Waals surface area contributed by atoms with E-state index in [0.717, 1.165) is 24.1 Å². The number of rotatable bonds is 5. The monoisotopic (exact) mass is 360 g/mol. The molecule has 1 heterocycles. The second kappa shape index (κ2) is 6.87. The molecule has 1 amide bonds. The van der Waals surface area contributed by atoms with Crippen LogP contribution in [0.25, 0.3) is 5.69 Å². The van der Waals surface area contributed by atoms with Crippen LogP contribution in [-0.2, 0) is 11.0 Å². The molecule has 0 saturated carbocycles. The van der Waals surface area contributed by atoms with Crippen molar-refractivity contribution in [1.82, 2.24) is 19.9 Å². The van der Waals surface area contributed by atoms with Crippen molar-refractivity contribution < 1.29 is 32.3 Å². The van der Waals surface area contributed by atoms with Crippen molar-refractivity contribution in [2.45, 2.75) is 12.6 Å². The standard InChI is InChI=1S/C14H12F4N4O3/c1-21(6-5-10(23)24)13(25)11-12(14(16,17)18)22(20-19-11)9-4-2-3-8(15)7-9/h2-4,7H,5-6H2,1H3,(H,23,24). The van der Waals surface area contributed by atoms with Gasteiger partial charge in [-0.05, 0) is 18.2 Å². The van der Waals surface area contributed by atoms with Crippen LogP contribution in [-0.4, -0.2) is 50.5 Å². The smallest absolute Gasteiger partial charge is 0.435 e. The van der Waals surface area contributed by atoms with Crippen LogP contribution in [0.1, 0.15) is 22.6 Å². The van der Waals surface area contributed by atoms with Crippen molar-refractivity contribution in [1.29, 1.82) is 0 Å². The van der Waals surface area contributed by atoms with Gasteiger partial charge in [0.15, 0.2) is 11.4 Å². The average molecular weight is 360 g/mol. The molecule has 1 aromatic carbocycles. The number of hydrogen-bond acceptors (Lipinski definition) is 4. The molecule has 2 aromatic rings. The van der Waals surface area contributed by atoms with Gasteiger partial charge in [0, 0.05) is 13.6 Å². The van der Waals surface area contributed by atoms with Gasteiger partial charge in [0.05, 0.1) is 12.1 Å². The Bertz CT molecular complexity index is 804. The summed E-state index contributed by atoms with van der Waals surface area (Å²) in [6, 6.07) is 4.22. The summed E-state index contributed by atoms with van der Waals surface area (Å²) >= 11 is 0. The molecule has 0 spiro atoms. The van der Waals surface area contributed by atoms with Crippen LogP contribution in [0.2, 0.25) is 0 Å². The summed E-state index contributed by atoms with van der Waals surface area (Å²) < 4.78 is 53.8. The number of halogens is 4. The van der Waals surface area contributed by atoms with Gasteiger partial charge < -0.3 is 10.0 Å². The third-order valence-corrected chi connectivity index (χ3v) is 3.20. The van der Waals surface area contributed by atoms with E-state index in [1.54, 1.807) is 0 Å². The summed E-state index contributed by atoms with van der Waals surface area (Å²) in [6.45, 7) is -0.307. The molecule has 1 aromatic heterocycles. The highest BCUT2D eigenvalue weighted by Gasteiger charge is 2.42. The Balaban J connectivity index is 2.46. The highest BCUT2D eigenvalue weighted by atomic mass is 19.4. The summed E-state index contributed by atoms with van der Waals surface area (Å²) in [5.74, 6) is -3.14. The molecule has 0 radical (unpaired) electrons. The van der Waals surface area contributed by atoms with Crippen molar-refractivity contribution >= 4 is 11.9 Å². The van der Waals surface area contributed by atoms with Crippen LogP contribution in [0.5, 0.6) is 0 Å². The fourth-order valence-corrected chi connectivity index (χ4v) is 2.01. The lowest BCUT2D eigenvalue weighted by molar-refractivity contribution is -0.143. The van der Waals surface area contributed by atoms with Crippen LogP contribution in [0.4, 0.5) is 17.6 Å². The van der Waals surface area contributed by atoms with E-state index in [9.17, 15) is 27.2 Å².